The van der Waals surface area contributed by atoms with E-state index in [9.17, 15) is 4.79 Å². The van der Waals surface area contributed by atoms with Crippen LogP contribution in [0.2, 0.25) is 0 Å². The minimum absolute atomic E-state index is 0.558. The average Bonchev–Trinajstić information content (AvgIpc) is 2.08. The summed E-state index contributed by atoms with van der Waals surface area (Å²) in [7, 11) is 0. The van der Waals surface area contributed by atoms with Gasteiger partial charge in [-0.05, 0) is 51.6 Å². The van der Waals surface area contributed by atoms with E-state index in [1.54, 1.807) is 0 Å². The molecular formula is C11H21NO2. The first-order valence-electron chi connectivity index (χ1n) is 5.37. The van der Waals surface area contributed by atoms with Crippen molar-refractivity contribution in [1.82, 2.24) is 5.32 Å². The Kier molecular flexibility index (Phi) is 3.53. The number of nitrogens with one attached hydrogen (secondary N) is 1. The zero-order chi connectivity index (χ0) is 10.8. The number of carboxylic acids is 1. The van der Waals surface area contributed by atoms with Crippen LogP contribution in [-0.4, -0.2) is 24.2 Å². The first-order valence-corrected chi connectivity index (χ1v) is 5.37. The maximum absolute atomic E-state index is 11.0. The van der Waals surface area contributed by atoms with Crippen LogP contribution >= 0.6 is 0 Å². The highest BCUT2D eigenvalue weighted by Crippen LogP contribution is 2.32. The van der Waals surface area contributed by atoms with Crippen molar-refractivity contribution in [3.05, 3.63) is 0 Å². The Balaban J connectivity index is 2.53. The summed E-state index contributed by atoms with van der Waals surface area (Å²) in [4.78, 5) is 11.0. The Hall–Kier alpha value is -0.570. The maximum atomic E-state index is 11.0. The van der Waals surface area contributed by atoms with E-state index in [2.05, 4.69) is 12.2 Å². The minimum Gasteiger partial charge on any atom is -0.481 e. The van der Waals surface area contributed by atoms with E-state index >= 15 is 0 Å². The third-order valence-corrected chi connectivity index (χ3v) is 3.31. The van der Waals surface area contributed by atoms with E-state index in [1.165, 1.54) is 0 Å². The van der Waals surface area contributed by atoms with Gasteiger partial charge in [0, 0.05) is 0 Å². The molecule has 0 amide bonds. The van der Waals surface area contributed by atoms with Crippen LogP contribution in [0.5, 0.6) is 0 Å². The summed E-state index contributed by atoms with van der Waals surface area (Å²) in [5, 5.41) is 12.4. The summed E-state index contributed by atoms with van der Waals surface area (Å²) < 4.78 is 0. The average molecular weight is 199 g/mol. The minimum atomic E-state index is -0.678. The summed E-state index contributed by atoms with van der Waals surface area (Å²) in [5.41, 5.74) is -0.573. The van der Waals surface area contributed by atoms with E-state index < -0.39 is 11.4 Å². The van der Waals surface area contributed by atoms with Crippen molar-refractivity contribution >= 4 is 5.97 Å². The fourth-order valence-electron chi connectivity index (χ4n) is 2.11. The molecule has 1 aliphatic heterocycles. The van der Waals surface area contributed by atoms with Gasteiger partial charge in [0.05, 0.1) is 5.41 Å². The van der Waals surface area contributed by atoms with Gasteiger partial charge in [-0.2, -0.15) is 0 Å². The van der Waals surface area contributed by atoms with Crippen LogP contribution in [0, 0.1) is 17.3 Å². The van der Waals surface area contributed by atoms with E-state index in [0.29, 0.717) is 11.8 Å². The van der Waals surface area contributed by atoms with Crippen molar-refractivity contribution in [2.75, 3.05) is 13.1 Å². The van der Waals surface area contributed by atoms with Gasteiger partial charge in [0.2, 0.25) is 0 Å². The first-order chi connectivity index (χ1) is 6.43. The molecule has 1 aliphatic rings. The number of rotatable bonds is 3. The molecule has 0 bridgehead atoms. The summed E-state index contributed by atoms with van der Waals surface area (Å²) in [5.74, 6) is 0.480. The zero-order valence-electron chi connectivity index (χ0n) is 9.34. The second-order valence-electron chi connectivity index (χ2n) is 5.12. The van der Waals surface area contributed by atoms with Crippen molar-refractivity contribution < 1.29 is 9.90 Å². The molecule has 0 aromatic heterocycles. The monoisotopic (exact) mass is 199 g/mol. The van der Waals surface area contributed by atoms with Gasteiger partial charge in [-0.15, -0.1) is 0 Å². The molecule has 2 atom stereocenters. The first kappa shape index (κ1) is 11.5. The second-order valence-corrected chi connectivity index (χ2v) is 5.12. The molecule has 1 rings (SSSR count). The lowest BCUT2D eigenvalue weighted by molar-refractivity contribution is -0.148. The van der Waals surface area contributed by atoms with Gasteiger partial charge in [0.25, 0.3) is 0 Å². The predicted molar refractivity (Wildman–Crippen MR) is 56.2 cm³/mol. The summed E-state index contributed by atoms with van der Waals surface area (Å²) in [6.07, 6.45) is 1.91. The molecule has 2 N–H and O–H groups in total. The molecule has 0 radical (unpaired) electrons. The van der Waals surface area contributed by atoms with E-state index in [1.807, 2.05) is 13.8 Å². The smallest absolute Gasteiger partial charge is 0.309 e. The van der Waals surface area contributed by atoms with E-state index in [-0.39, 0.29) is 0 Å². The van der Waals surface area contributed by atoms with Crippen LogP contribution in [0.4, 0.5) is 0 Å². The van der Waals surface area contributed by atoms with Gasteiger partial charge in [-0.1, -0.05) is 6.92 Å². The highest BCUT2D eigenvalue weighted by Gasteiger charge is 2.33. The van der Waals surface area contributed by atoms with E-state index in [4.69, 9.17) is 5.11 Å². The highest BCUT2D eigenvalue weighted by molar-refractivity contribution is 5.73. The van der Waals surface area contributed by atoms with Crippen molar-refractivity contribution in [1.29, 1.82) is 0 Å². The predicted octanol–water partition coefficient (Wildman–Crippen LogP) is 1.73. The molecule has 1 saturated heterocycles. The number of hydrogen-bond acceptors (Lipinski definition) is 2. The van der Waals surface area contributed by atoms with Crippen LogP contribution in [-0.2, 0) is 4.79 Å². The molecule has 0 aliphatic carbocycles. The Labute approximate surface area is 85.9 Å². The van der Waals surface area contributed by atoms with Gasteiger partial charge in [0.1, 0.15) is 0 Å². The lowest BCUT2D eigenvalue weighted by Crippen LogP contribution is -2.38. The third kappa shape index (κ3) is 2.71. The molecule has 0 aromatic rings. The Morgan fingerprint density at radius 3 is 2.71 bits per heavy atom. The number of carboxylic acid groups (broad SMARTS) is 1. The van der Waals surface area contributed by atoms with Crippen LogP contribution in [0.1, 0.15) is 33.6 Å². The highest BCUT2D eigenvalue weighted by atomic mass is 16.4. The van der Waals surface area contributed by atoms with Gasteiger partial charge in [0.15, 0.2) is 0 Å². The molecule has 82 valence electrons. The summed E-state index contributed by atoms with van der Waals surface area (Å²) in [6.45, 7) is 7.91. The van der Waals surface area contributed by atoms with Crippen LogP contribution in [0.3, 0.4) is 0 Å². The number of piperidine rings is 1. The lowest BCUT2D eigenvalue weighted by atomic mass is 9.75. The van der Waals surface area contributed by atoms with Crippen molar-refractivity contribution in [3.63, 3.8) is 0 Å². The molecule has 0 saturated carbocycles. The summed E-state index contributed by atoms with van der Waals surface area (Å²) in [6, 6.07) is 0. The standard InChI is InChI=1S/C11H21NO2/c1-8-7-12-5-4-9(8)6-11(2,3)10(13)14/h8-9,12H,4-7H2,1-3H3,(H,13,14)/t8-,9-/m0/s1. The van der Waals surface area contributed by atoms with Gasteiger partial charge >= 0.3 is 5.97 Å². The number of carbonyl (C=O) groups is 1. The molecule has 14 heavy (non-hydrogen) atoms. The largest absolute Gasteiger partial charge is 0.481 e. The lowest BCUT2D eigenvalue weighted by Gasteiger charge is -2.33. The molecule has 3 heteroatoms. The Bertz CT molecular complexity index is 213. The van der Waals surface area contributed by atoms with Crippen molar-refractivity contribution in [3.8, 4) is 0 Å². The quantitative estimate of drug-likeness (QED) is 0.727. The van der Waals surface area contributed by atoms with Crippen LogP contribution in [0.15, 0.2) is 0 Å². The number of aliphatic carboxylic acids is 1. The van der Waals surface area contributed by atoms with Crippen LogP contribution < -0.4 is 5.32 Å². The topological polar surface area (TPSA) is 49.3 Å². The van der Waals surface area contributed by atoms with Gasteiger partial charge in [-0.25, -0.2) is 0 Å². The molecule has 1 heterocycles. The molecule has 3 nitrogen and oxygen atoms in total. The van der Waals surface area contributed by atoms with Crippen molar-refractivity contribution in [2.24, 2.45) is 17.3 Å². The normalized spacial score (nSPS) is 28.8. The Morgan fingerprint density at radius 1 is 1.57 bits per heavy atom. The fraction of sp³-hybridized carbons (Fsp3) is 0.909. The van der Waals surface area contributed by atoms with Gasteiger partial charge < -0.3 is 10.4 Å². The van der Waals surface area contributed by atoms with Crippen molar-refractivity contribution in [2.45, 2.75) is 33.6 Å². The second kappa shape index (κ2) is 4.30. The SMILES string of the molecule is C[C@H]1CNCC[C@H]1CC(C)(C)C(=O)O. The molecule has 0 aromatic carbocycles. The van der Waals surface area contributed by atoms with E-state index in [0.717, 1.165) is 25.9 Å². The number of hydrogen-bond donors (Lipinski definition) is 2. The zero-order valence-corrected chi connectivity index (χ0v) is 9.34. The Morgan fingerprint density at radius 2 is 2.21 bits per heavy atom. The molecule has 0 unspecified atom stereocenters. The summed E-state index contributed by atoms with van der Waals surface area (Å²) >= 11 is 0. The molecule has 1 fully saturated rings. The van der Waals surface area contributed by atoms with Gasteiger partial charge in [-0.3, -0.25) is 4.79 Å². The fourth-order valence-corrected chi connectivity index (χ4v) is 2.11. The molecular weight excluding hydrogens is 178 g/mol. The van der Waals surface area contributed by atoms with Crippen LogP contribution in [0.25, 0.3) is 0 Å². The molecule has 0 spiro atoms. The maximum Gasteiger partial charge on any atom is 0.309 e. The third-order valence-electron chi connectivity index (χ3n) is 3.31.